The van der Waals surface area contributed by atoms with Gasteiger partial charge in [-0.3, -0.25) is 0 Å². The highest BCUT2D eigenvalue weighted by molar-refractivity contribution is 5.45. The van der Waals surface area contributed by atoms with Crippen LogP contribution in [0.15, 0.2) is 97.1 Å². The van der Waals surface area contributed by atoms with Gasteiger partial charge in [-0.15, -0.1) is 0 Å². The highest BCUT2D eigenvalue weighted by Gasteiger charge is 2.32. The molecule has 36 heavy (non-hydrogen) atoms. The summed E-state index contributed by atoms with van der Waals surface area (Å²) < 4.78 is 0. The molecule has 0 bridgehead atoms. The lowest BCUT2D eigenvalue weighted by molar-refractivity contribution is 0.431. The average Bonchev–Trinajstić information content (AvgIpc) is 2.91. The lowest BCUT2D eigenvalue weighted by atomic mass is 9.69. The zero-order valence-electron chi connectivity index (χ0n) is 21.8. The van der Waals surface area contributed by atoms with Crippen LogP contribution in [-0.2, 0) is 18.3 Å². The van der Waals surface area contributed by atoms with Gasteiger partial charge in [0.15, 0.2) is 0 Å². The maximum absolute atomic E-state index is 5.86. The number of unbranched alkanes of at least 4 members (excludes halogenated alkanes) is 2. The SMILES string of the molecule is CCCCCC(CC)(c1ccc(Cc2ccc(N)cc2)cc1)c1ccc(Cc2ccc(N)cc2)cc1. The van der Waals surface area contributed by atoms with E-state index in [0.717, 1.165) is 30.6 Å². The molecule has 0 amide bonds. The maximum atomic E-state index is 5.86. The Morgan fingerprint density at radius 3 is 1.19 bits per heavy atom. The van der Waals surface area contributed by atoms with E-state index in [4.69, 9.17) is 11.5 Å². The molecule has 0 atom stereocenters. The Hall–Kier alpha value is -3.52. The fraction of sp³-hybridized carbons (Fsp3) is 0.294. The van der Waals surface area contributed by atoms with Gasteiger partial charge in [-0.2, -0.15) is 0 Å². The number of benzene rings is 4. The highest BCUT2D eigenvalue weighted by Crippen LogP contribution is 2.41. The summed E-state index contributed by atoms with van der Waals surface area (Å²) in [4.78, 5) is 0. The number of hydrogen-bond acceptors (Lipinski definition) is 2. The van der Waals surface area contributed by atoms with Gasteiger partial charge in [0.2, 0.25) is 0 Å². The van der Waals surface area contributed by atoms with Gasteiger partial charge in [-0.1, -0.05) is 106 Å². The van der Waals surface area contributed by atoms with E-state index in [1.807, 2.05) is 24.3 Å². The van der Waals surface area contributed by atoms with Crippen LogP contribution in [0.4, 0.5) is 11.4 Å². The van der Waals surface area contributed by atoms with Crippen molar-refractivity contribution in [2.45, 2.75) is 64.2 Å². The lowest BCUT2D eigenvalue weighted by Crippen LogP contribution is -2.27. The van der Waals surface area contributed by atoms with Gasteiger partial charge in [0.05, 0.1) is 0 Å². The minimum absolute atomic E-state index is 0.0363. The summed E-state index contributed by atoms with van der Waals surface area (Å²) >= 11 is 0. The standard InChI is InChI=1S/C34H40N2/c1-3-5-6-23-34(4-2,30-15-7-26(8-16-30)24-28-11-19-32(35)20-12-28)31-17-9-27(10-18-31)25-29-13-21-33(36)22-14-29/h7-22H,3-6,23-25,35-36H2,1-2H3. The van der Waals surface area contributed by atoms with Crippen molar-refractivity contribution in [3.63, 3.8) is 0 Å². The first-order valence-electron chi connectivity index (χ1n) is 13.4. The smallest absolute Gasteiger partial charge is 0.0314 e. The summed E-state index contributed by atoms with van der Waals surface area (Å²) in [5, 5.41) is 0. The molecular weight excluding hydrogens is 436 g/mol. The number of nitrogen functional groups attached to an aromatic ring is 2. The Kier molecular flexibility index (Phi) is 8.48. The number of rotatable bonds is 11. The molecule has 0 aliphatic rings. The van der Waals surface area contributed by atoms with E-state index in [2.05, 4.69) is 86.6 Å². The summed E-state index contributed by atoms with van der Waals surface area (Å²) in [5.74, 6) is 0. The van der Waals surface area contributed by atoms with E-state index in [-0.39, 0.29) is 5.41 Å². The van der Waals surface area contributed by atoms with Crippen molar-refractivity contribution in [1.82, 2.24) is 0 Å². The van der Waals surface area contributed by atoms with Crippen molar-refractivity contribution in [1.29, 1.82) is 0 Å². The van der Waals surface area contributed by atoms with Gasteiger partial charge < -0.3 is 11.5 Å². The summed E-state index contributed by atoms with van der Waals surface area (Å²) in [7, 11) is 0. The van der Waals surface area contributed by atoms with Crippen LogP contribution in [0.3, 0.4) is 0 Å². The lowest BCUT2D eigenvalue weighted by Gasteiger charge is -2.35. The molecule has 0 aliphatic carbocycles. The molecule has 4 aromatic rings. The maximum Gasteiger partial charge on any atom is 0.0314 e. The van der Waals surface area contributed by atoms with Crippen LogP contribution in [0.5, 0.6) is 0 Å². The monoisotopic (exact) mass is 476 g/mol. The predicted molar refractivity (Wildman–Crippen MR) is 155 cm³/mol. The van der Waals surface area contributed by atoms with Crippen LogP contribution in [0.25, 0.3) is 0 Å². The Labute approximate surface area is 217 Å². The van der Waals surface area contributed by atoms with Crippen LogP contribution in [-0.4, -0.2) is 0 Å². The van der Waals surface area contributed by atoms with E-state index in [1.165, 1.54) is 59.1 Å². The third kappa shape index (κ3) is 6.18. The van der Waals surface area contributed by atoms with Gasteiger partial charge in [0.25, 0.3) is 0 Å². The molecule has 2 nitrogen and oxygen atoms in total. The van der Waals surface area contributed by atoms with Crippen LogP contribution in [0.1, 0.15) is 79.3 Å². The Balaban J connectivity index is 1.59. The molecule has 0 radical (unpaired) electrons. The fourth-order valence-electron chi connectivity index (χ4n) is 5.34. The summed E-state index contributed by atoms with van der Waals surface area (Å²) in [5.41, 5.74) is 21.5. The van der Waals surface area contributed by atoms with Crippen molar-refractivity contribution in [3.05, 3.63) is 130 Å². The normalized spacial score (nSPS) is 11.5. The first-order valence-corrected chi connectivity index (χ1v) is 13.4. The van der Waals surface area contributed by atoms with Crippen LogP contribution >= 0.6 is 0 Å². The molecule has 0 aliphatic heterocycles. The number of nitrogens with two attached hydrogens (primary N) is 2. The molecule has 4 aromatic carbocycles. The van der Waals surface area contributed by atoms with Crippen molar-refractivity contribution < 1.29 is 0 Å². The van der Waals surface area contributed by atoms with Crippen LogP contribution in [0.2, 0.25) is 0 Å². The molecular formula is C34H40N2. The van der Waals surface area contributed by atoms with Crippen LogP contribution < -0.4 is 11.5 Å². The summed E-state index contributed by atoms with van der Waals surface area (Å²) in [6.45, 7) is 4.63. The zero-order valence-corrected chi connectivity index (χ0v) is 21.8. The molecule has 4 rings (SSSR count). The van der Waals surface area contributed by atoms with E-state index in [1.54, 1.807) is 0 Å². The zero-order chi connectivity index (χ0) is 25.4. The molecule has 186 valence electrons. The number of anilines is 2. The first-order chi connectivity index (χ1) is 17.5. The summed E-state index contributed by atoms with van der Waals surface area (Å²) in [6.07, 6.45) is 7.86. The largest absolute Gasteiger partial charge is 0.399 e. The topological polar surface area (TPSA) is 52.0 Å². The average molecular weight is 477 g/mol. The molecule has 0 saturated carbocycles. The van der Waals surface area contributed by atoms with Crippen LogP contribution in [0, 0.1) is 0 Å². The fourth-order valence-corrected chi connectivity index (χ4v) is 5.34. The second-order valence-corrected chi connectivity index (χ2v) is 10.1. The van der Waals surface area contributed by atoms with Crippen molar-refractivity contribution in [2.75, 3.05) is 11.5 Å². The Bertz CT molecular complexity index is 1110. The van der Waals surface area contributed by atoms with Gasteiger partial charge in [-0.25, -0.2) is 0 Å². The second-order valence-electron chi connectivity index (χ2n) is 10.1. The third-order valence-corrected chi connectivity index (χ3v) is 7.60. The number of hydrogen-bond donors (Lipinski definition) is 2. The second kappa shape index (κ2) is 11.9. The molecule has 0 saturated heterocycles. The molecule has 0 unspecified atom stereocenters. The van der Waals surface area contributed by atoms with Gasteiger partial charge in [-0.05, 0) is 83.3 Å². The molecule has 2 heteroatoms. The quantitative estimate of drug-likeness (QED) is 0.169. The van der Waals surface area contributed by atoms with E-state index in [0.29, 0.717) is 0 Å². The molecule has 0 aromatic heterocycles. The predicted octanol–water partition coefficient (Wildman–Crippen LogP) is 8.31. The van der Waals surface area contributed by atoms with Crippen molar-refractivity contribution in [3.8, 4) is 0 Å². The Morgan fingerprint density at radius 2 is 0.861 bits per heavy atom. The minimum atomic E-state index is 0.0363. The summed E-state index contributed by atoms with van der Waals surface area (Å²) in [6, 6.07) is 35.1. The minimum Gasteiger partial charge on any atom is -0.399 e. The molecule has 0 heterocycles. The van der Waals surface area contributed by atoms with Crippen molar-refractivity contribution >= 4 is 11.4 Å². The van der Waals surface area contributed by atoms with Gasteiger partial charge in [0.1, 0.15) is 0 Å². The third-order valence-electron chi connectivity index (χ3n) is 7.60. The molecule has 0 spiro atoms. The first kappa shape index (κ1) is 25.6. The van der Waals surface area contributed by atoms with E-state index < -0.39 is 0 Å². The van der Waals surface area contributed by atoms with E-state index >= 15 is 0 Å². The van der Waals surface area contributed by atoms with Gasteiger partial charge >= 0.3 is 0 Å². The molecule has 4 N–H and O–H groups in total. The van der Waals surface area contributed by atoms with E-state index in [9.17, 15) is 0 Å². The van der Waals surface area contributed by atoms with Gasteiger partial charge in [0, 0.05) is 16.8 Å². The van der Waals surface area contributed by atoms with Crippen molar-refractivity contribution in [2.24, 2.45) is 0 Å². The Morgan fingerprint density at radius 1 is 0.500 bits per heavy atom. The molecule has 0 fully saturated rings. The highest BCUT2D eigenvalue weighted by atomic mass is 14.5.